The van der Waals surface area contributed by atoms with E-state index in [1.54, 1.807) is 0 Å². The van der Waals surface area contributed by atoms with E-state index in [1.807, 2.05) is 6.20 Å². The van der Waals surface area contributed by atoms with Gasteiger partial charge in [-0.05, 0) is 94.4 Å². The Kier molecular flexibility index (Phi) is 10.4. The first-order valence-corrected chi connectivity index (χ1v) is 21.1. The fourth-order valence-corrected chi connectivity index (χ4v) is 9.61. The van der Waals surface area contributed by atoms with Gasteiger partial charge in [0.15, 0.2) is 17.4 Å². The summed E-state index contributed by atoms with van der Waals surface area (Å²) >= 11 is 0. The Hall–Kier alpha value is -6.55. The molecule has 0 radical (unpaired) electrons. The number of aryl methyl sites for hydroxylation is 1. The summed E-state index contributed by atoms with van der Waals surface area (Å²) in [6, 6.07) is 68.5. The maximum absolute atomic E-state index is 5.13. The van der Waals surface area contributed by atoms with E-state index in [2.05, 4.69) is 214 Å². The number of benzene rings is 7. The predicted molar refractivity (Wildman–Crippen MR) is 248 cm³/mol. The molecule has 11 rings (SSSR count). The number of rotatable bonds is 8. The Morgan fingerprint density at radius 3 is 2.13 bits per heavy atom. The van der Waals surface area contributed by atoms with Crippen LogP contribution in [0.2, 0.25) is 0 Å². The Labute approximate surface area is 371 Å². The van der Waals surface area contributed by atoms with Gasteiger partial charge in [-0.3, -0.25) is 0 Å². The summed E-state index contributed by atoms with van der Waals surface area (Å²) in [7, 11) is 2.09. The molecule has 0 amide bonds. The topological polar surface area (TPSA) is 30.9 Å². The predicted octanol–water partition coefficient (Wildman–Crippen LogP) is 14.2. The molecule has 0 N–H and O–H groups in total. The molecule has 0 aliphatic heterocycles. The second-order valence-corrected chi connectivity index (χ2v) is 16.0. The van der Waals surface area contributed by atoms with Crippen LogP contribution in [0.25, 0.3) is 66.6 Å². The van der Waals surface area contributed by atoms with Gasteiger partial charge in [-0.25, -0.2) is 14.1 Å². The molecule has 10 aromatic rings. The fourth-order valence-electron chi connectivity index (χ4n) is 9.61. The van der Waals surface area contributed by atoms with Crippen molar-refractivity contribution in [1.82, 2.24) is 18.7 Å². The van der Waals surface area contributed by atoms with Crippen molar-refractivity contribution in [2.75, 3.05) is 4.90 Å². The molecule has 61 heavy (non-hydrogen) atoms. The number of fused-ring (bicyclic) bond motifs is 4. The van der Waals surface area contributed by atoms with Crippen LogP contribution in [0.5, 0.6) is 0 Å². The third kappa shape index (κ3) is 6.97. The minimum absolute atomic E-state index is 0. The SMILES string of the molecule is Cn1[cH+]n(-c2[c-]c(N(c3[c-]c4c(cc3)c3ccccc3n4-c3cc(-c4c(-c5ccccc5)cccc4C4CCCCC4)ccn3)c3ccccc3)ccc2)c2ccccc21.[Pt]. The van der Waals surface area contributed by atoms with Crippen molar-refractivity contribution >= 4 is 49.9 Å². The second kappa shape index (κ2) is 16.5. The van der Waals surface area contributed by atoms with Crippen LogP contribution in [0.15, 0.2) is 182 Å². The summed E-state index contributed by atoms with van der Waals surface area (Å²) < 4.78 is 6.67. The monoisotopic (exact) mass is 969 g/mol. The second-order valence-electron chi connectivity index (χ2n) is 16.0. The van der Waals surface area contributed by atoms with Gasteiger partial charge in [0, 0.05) is 63.3 Å². The number of hydrogen-bond donors (Lipinski definition) is 0. The quantitative estimate of drug-likeness (QED) is 0.142. The van der Waals surface area contributed by atoms with Gasteiger partial charge >= 0.3 is 0 Å². The minimum atomic E-state index is 0. The van der Waals surface area contributed by atoms with Crippen LogP contribution in [-0.4, -0.2) is 18.7 Å². The maximum atomic E-state index is 5.13. The summed E-state index contributed by atoms with van der Waals surface area (Å²) in [6.07, 6.45) is 10.5. The summed E-state index contributed by atoms with van der Waals surface area (Å²) in [5.41, 5.74) is 14.6. The minimum Gasteiger partial charge on any atom is -0.358 e. The van der Waals surface area contributed by atoms with Crippen molar-refractivity contribution in [1.29, 1.82) is 0 Å². The number of para-hydroxylation sites is 4. The molecular formula is C55H44N5Pt-. The molecule has 1 aliphatic rings. The maximum Gasteiger partial charge on any atom is 0.188 e. The average Bonchev–Trinajstić information content (AvgIpc) is 3.84. The number of anilines is 3. The fraction of sp³-hybridized carbons (Fsp3) is 0.127. The molecule has 0 saturated heterocycles. The van der Waals surface area contributed by atoms with Gasteiger partial charge in [0.2, 0.25) is 0 Å². The number of hydrogen-bond acceptors (Lipinski definition) is 2. The zero-order chi connectivity index (χ0) is 40.0. The molecule has 1 fully saturated rings. The van der Waals surface area contributed by atoms with Crippen molar-refractivity contribution in [3.8, 4) is 33.8 Å². The zero-order valence-electron chi connectivity index (χ0n) is 34.0. The molecular weight excluding hydrogens is 926 g/mol. The van der Waals surface area contributed by atoms with E-state index in [-0.39, 0.29) is 21.1 Å². The Balaban J connectivity index is 0.00000445. The first-order valence-electron chi connectivity index (χ1n) is 21.1. The molecule has 7 aromatic carbocycles. The molecule has 1 saturated carbocycles. The molecule has 3 heterocycles. The third-order valence-electron chi connectivity index (χ3n) is 12.4. The average molecular weight is 970 g/mol. The molecule has 1 aliphatic carbocycles. The van der Waals surface area contributed by atoms with Gasteiger partial charge in [-0.2, -0.15) is 12.1 Å². The first kappa shape index (κ1) is 38.6. The van der Waals surface area contributed by atoms with Crippen LogP contribution in [0.1, 0.15) is 43.6 Å². The molecule has 6 heteroatoms. The Bertz CT molecular complexity index is 3160. The molecule has 5 nitrogen and oxygen atoms in total. The van der Waals surface area contributed by atoms with Gasteiger partial charge in [-0.15, -0.1) is 29.7 Å². The van der Waals surface area contributed by atoms with E-state index < -0.39 is 0 Å². The van der Waals surface area contributed by atoms with Crippen LogP contribution >= 0.6 is 0 Å². The van der Waals surface area contributed by atoms with Gasteiger partial charge in [0.25, 0.3) is 0 Å². The van der Waals surface area contributed by atoms with Gasteiger partial charge in [0.05, 0.1) is 0 Å². The van der Waals surface area contributed by atoms with Gasteiger partial charge in [-0.1, -0.05) is 127 Å². The van der Waals surface area contributed by atoms with Crippen molar-refractivity contribution in [2.24, 2.45) is 7.05 Å². The van der Waals surface area contributed by atoms with E-state index >= 15 is 0 Å². The number of imidazole rings is 1. The summed E-state index contributed by atoms with van der Waals surface area (Å²) in [5.74, 6) is 1.41. The van der Waals surface area contributed by atoms with Crippen molar-refractivity contribution < 1.29 is 21.1 Å². The van der Waals surface area contributed by atoms with Crippen LogP contribution in [0.3, 0.4) is 0 Å². The van der Waals surface area contributed by atoms with Gasteiger partial charge in [0.1, 0.15) is 5.82 Å². The zero-order valence-corrected chi connectivity index (χ0v) is 36.3. The van der Waals surface area contributed by atoms with E-state index in [0.717, 1.165) is 56.0 Å². The Morgan fingerprint density at radius 1 is 0.607 bits per heavy atom. The molecule has 0 atom stereocenters. The molecule has 0 bridgehead atoms. The van der Waals surface area contributed by atoms with E-state index in [1.165, 1.54) is 65.3 Å². The Morgan fingerprint density at radius 2 is 1.31 bits per heavy atom. The van der Waals surface area contributed by atoms with E-state index in [0.29, 0.717) is 5.92 Å². The summed E-state index contributed by atoms with van der Waals surface area (Å²) in [4.78, 5) is 7.39. The van der Waals surface area contributed by atoms with Crippen LogP contribution < -0.4 is 4.90 Å². The van der Waals surface area contributed by atoms with Crippen molar-refractivity contribution in [3.05, 3.63) is 200 Å². The van der Waals surface area contributed by atoms with Crippen LogP contribution in [0, 0.1) is 12.1 Å². The summed E-state index contributed by atoms with van der Waals surface area (Å²) in [6.45, 7) is 0. The largest absolute Gasteiger partial charge is 0.358 e. The van der Waals surface area contributed by atoms with Crippen LogP contribution in [0.4, 0.5) is 17.1 Å². The first-order chi connectivity index (χ1) is 29.7. The van der Waals surface area contributed by atoms with Crippen molar-refractivity contribution in [3.63, 3.8) is 0 Å². The number of nitrogens with zero attached hydrogens (tertiary/aromatic N) is 5. The van der Waals surface area contributed by atoms with Crippen molar-refractivity contribution in [2.45, 2.75) is 38.0 Å². The normalized spacial score (nSPS) is 13.1. The molecule has 0 unspecified atom stereocenters. The van der Waals surface area contributed by atoms with E-state index in [9.17, 15) is 0 Å². The van der Waals surface area contributed by atoms with Crippen LogP contribution in [-0.2, 0) is 28.1 Å². The van der Waals surface area contributed by atoms with E-state index in [4.69, 9.17) is 4.98 Å². The molecule has 3 aromatic heterocycles. The number of aromatic nitrogens is 4. The third-order valence-corrected chi connectivity index (χ3v) is 12.4. The number of pyridine rings is 1. The smallest absolute Gasteiger partial charge is 0.188 e. The molecule has 0 spiro atoms. The van der Waals surface area contributed by atoms with Gasteiger partial charge < -0.3 is 9.47 Å². The standard InChI is InChI=1S/C55H44N5.Pt/c1-57-38-58(52-30-14-13-29-51(52)57)43-23-15-24-44(36-43)59(42-21-9-4-10-22-42)45-31-32-49-48-25-11-12-28-50(48)60(53(49)37-45)54-35-41(33-34-56-54)55-46(39-17-5-2-6-18-39)26-16-27-47(55)40-19-7-3-8-20-40;/h2,4-6,9-18,21-35,38,40H,3,7-8,19-20H2,1H3;/q-1;. The molecule has 300 valence electrons. The summed E-state index contributed by atoms with van der Waals surface area (Å²) in [5, 5.41) is 2.30.